The third-order valence-electron chi connectivity index (χ3n) is 2.34. The molecule has 0 aliphatic carbocycles. The molecule has 0 spiro atoms. The smallest absolute Gasteiger partial charge is 0.166 e. The van der Waals surface area contributed by atoms with E-state index in [1.165, 1.54) is 19.0 Å². The molecule has 0 unspecified atom stereocenters. The summed E-state index contributed by atoms with van der Waals surface area (Å²) in [6.45, 7) is 5.30. The average Bonchev–Trinajstić information content (AvgIpc) is 2.29. The van der Waals surface area contributed by atoms with E-state index in [1.807, 2.05) is 0 Å². The molecule has 0 aliphatic heterocycles. The molecule has 0 fully saturated rings. The van der Waals surface area contributed by atoms with Crippen molar-refractivity contribution in [3.63, 3.8) is 0 Å². The van der Waals surface area contributed by atoms with Gasteiger partial charge in [-0.3, -0.25) is 0 Å². The van der Waals surface area contributed by atoms with Gasteiger partial charge in [0.05, 0.1) is 11.8 Å². The van der Waals surface area contributed by atoms with Crippen LogP contribution < -0.4 is 5.32 Å². The van der Waals surface area contributed by atoms with Crippen molar-refractivity contribution in [1.82, 2.24) is 10.2 Å². The molecular weight excluding hydrogens is 200 g/mol. The fourth-order valence-corrected chi connectivity index (χ4v) is 1.44. The highest BCUT2D eigenvalue weighted by Crippen LogP contribution is 2.10. The summed E-state index contributed by atoms with van der Waals surface area (Å²) in [5.74, 6) is 1.35. The standard InChI is InChI=1S/C12H18N4/c1-10(2)5-3-4-7-14-12-11(9-13)6-8-15-16-12/h6,8,10H,3-5,7H2,1-2H3,(H,14,16). The maximum Gasteiger partial charge on any atom is 0.166 e. The van der Waals surface area contributed by atoms with Gasteiger partial charge in [0, 0.05) is 6.54 Å². The average molecular weight is 218 g/mol. The van der Waals surface area contributed by atoms with Gasteiger partial charge in [-0.25, -0.2) is 0 Å². The molecule has 0 aromatic carbocycles. The topological polar surface area (TPSA) is 61.6 Å². The van der Waals surface area contributed by atoms with Crippen LogP contribution in [0.1, 0.15) is 38.7 Å². The van der Waals surface area contributed by atoms with Crippen molar-refractivity contribution in [3.8, 4) is 6.07 Å². The minimum Gasteiger partial charge on any atom is -0.367 e. The van der Waals surface area contributed by atoms with E-state index in [4.69, 9.17) is 5.26 Å². The van der Waals surface area contributed by atoms with Crippen molar-refractivity contribution in [1.29, 1.82) is 5.26 Å². The Balaban J connectivity index is 2.30. The summed E-state index contributed by atoms with van der Waals surface area (Å²) in [6, 6.07) is 3.76. The van der Waals surface area contributed by atoms with E-state index >= 15 is 0 Å². The largest absolute Gasteiger partial charge is 0.367 e. The molecular formula is C12H18N4. The fourth-order valence-electron chi connectivity index (χ4n) is 1.44. The molecule has 0 atom stereocenters. The SMILES string of the molecule is CC(C)CCCCNc1nnccc1C#N. The molecule has 0 aliphatic rings. The molecule has 1 rings (SSSR count). The molecule has 1 heterocycles. The van der Waals surface area contributed by atoms with Gasteiger partial charge in [-0.15, -0.1) is 5.10 Å². The molecule has 0 amide bonds. The molecule has 0 saturated carbocycles. The molecule has 0 bridgehead atoms. The molecule has 4 nitrogen and oxygen atoms in total. The van der Waals surface area contributed by atoms with Crippen molar-refractivity contribution in [3.05, 3.63) is 17.8 Å². The van der Waals surface area contributed by atoms with Crippen LogP contribution in [0.5, 0.6) is 0 Å². The third-order valence-corrected chi connectivity index (χ3v) is 2.34. The van der Waals surface area contributed by atoms with Crippen LogP contribution in [0.4, 0.5) is 5.82 Å². The molecule has 1 aromatic rings. The summed E-state index contributed by atoms with van der Waals surface area (Å²) < 4.78 is 0. The lowest BCUT2D eigenvalue weighted by Gasteiger charge is -2.07. The second kappa shape index (κ2) is 6.78. The number of unbranched alkanes of at least 4 members (excludes halogenated alkanes) is 1. The van der Waals surface area contributed by atoms with Gasteiger partial charge in [0.15, 0.2) is 5.82 Å². The molecule has 86 valence electrons. The Morgan fingerprint density at radius 2 is 2.25 bits per heavy atom. The van der Waals surface area contributed by atoms with E-state index in [1.54, 1.807) is 6.07 Å². The number of rotatable bonds is 6. The van der Waals surface area contributed by atoms with Gasteiger partial charge in [0.25, 0.3) is 0 Å². The van der Waals surface area contributed by atoms with E-state index in [-0.39, 0.29) is 0 Å². The summed E-state index contributed by atoms with van der Waals surface area (Å²) in [5, 5.41) is 19.6. The minimum absolute atomic E-state index is 0.554. The van der Waals surface area contributed by atoms with Crippen molar-refractivity contribution in [2.45, 2.75) is 33.1 Å². The number of hydrogen-bond acceptors (Lipinski definition) is 4. The van der Waals surface area contributed by atoms with E-state index in [0.717, 1.165) is 18.9 Å². The van der Waals surface area contributed by atoms with Crippen LogP contribution >= 0.6 is 0 Å². The highest BCUT2D eigenvalue weighted by atomic mass is 15.2. The van der Waals surface area contributed by atoms with Gasteiger partial charge in [-0.05, 0) is 18.4 Å². The van der Waals surface area contributed by atoms with Crippen molar-refractivity contribution >= 4 is 5.82 Å². The molecule has 0 radical (unpaired) electrons. The quantitative estimate of drug-likeness (QED) is 0.745. The Morgan fingerprint density at radius 3 is 2.94 bits per heavy atom. The van der Waals surface area contributed by atoms with Crippen LogP contribution in [-0.4, -0.2) is 16.7 Å². The summed E-state index contributed by atoms with van der Waals surface area (Å²) in [7, 11) is 0. The normalized spacial score (nSPS) is 10.1. The highest BCUT2D eigenvalue weighted by molar-refractivity contribution is 5.49. The zero-order chi connectivity index (χ0) is 11.8. The van der Waals surface area contributed by atoms with Gasteiger partial charge in [-0.2, -0.15) is 10.4 Å². The van der Waals surface area contributed by atoms with Gasteiger partial charge in [0.2, 0.25) is 0 Å². The number of nitrogens with zero attached hydrogens (tertiary/aromatic N) is 3. The molecule has 16 heavy (non-hydrogen) atoms. The molecule has 1 aromatic heterocycles. The second-order valence-electron chi connectivity index (χ2n) is 4.22. The first-order chi connectivity index (χ1) is 7.74. The Morgan fingerprint density at radius 1 is 1.44 bits per heavy atom. The fraction of sp³-hybridized carbons (Fsp3) is 0.583. The van der Waals surface area contributed by atoms with Gasteiger partial charge >= 0.3 is 0 Å². The zero-order valence-electron chi connectivity index (χ0n) is 9.90. The monoisotopic (exact) mass is 218 g/mol. The van der Waals surface area contributed by atoms with E-state index in [9.17, 15) is 0 Å². The first-order valence-corrected chi connectivity index (χ1v) is 5.69. The zero-order valence-corrected chi connectivity index (χ0v) is 9.90. The first-order valence-electron chi connectivity index (χ1n) is 5.69. The Bertz CT molecular complexity index is 354. The van der Waals surface area contributed by atoms with Crippen LogP contribution in [0.2, 0.25) is 0 Å². The summed E-state index contributed by atoms with van der Waals surface area (Å²) in [5.41, 5.74) is 0.554. The first kappa shape index (κ1) is 12.4. The van der Waals surface area contributed by atoms with Crippen LogP contribution in [0, 0.1) is 17.2 Å². The summed E-state index contributed by atoms with van der Waals surface area (Å²) in [4.78, 5) is 0. The van der Waals surface area contributed by atoms with Crippen LogP contribution in [0.15, 0.2) is 12.3 Å². The van der Waals surface area contributed by atoms with Crippen LogP contribution in [-0.2, 0) is 0 Å². The molecule has 1 N–H and O–H groups in total. The second-order valence-corrected chi connectivity index (χ2v) is 4.22. The van der Waals surface area contributed by atoms with Crippen molar-refractivity contribution in [2.24, 2.45) is 5.92 Å². The number of anilines is 1. The van der Waals surface area contributed by atoms with Gasteiger partial charge in [-0.1, -0.05) is 26.7 Å². The van der Waals surface area contributed by atoms with Crippen LogP contribution in [0.25, 0.3) is 0 Å². The Kier molecular flexibility index (Phi) is 5.27. The predicted molar refractivity (Wildman–Crippen MR) is 63.9 cm³/mol. The lowest BCUT2D eigenvalue weighted by molar-refractivity contribution is 0.544. The minimum atomic E-state index is 0.554. The number of aromatic nitrogens is 2. The van der Waals surface area contributed by atoms with E-state index in [2.05, 4.69) is 35.4 Å². The van der Waals surface area contributed by atoms with Crippen molar-refractivity contribution < 1.29 is 0 Å². The third kappa shape index (κ3) is 4.26. The Labute approximate surface area is 96.7 Å². The van der Waals surface area contributed by atoms with E-state index < -0.39 is 0 Å². The maximum absolute atomic E-state index is 8.84. The lowest BCUT2D eigenvalue weighted by atomic mass is 10.1. The van der Waals surface area contributed by atoms with E-state index in [0.29, 0.717) is 11.4 Å². The number of nitrogens with one attached hydrogen (secondary N) is 1. The molecule has 0 saturated heterocycles. The summed E-state index contributed by atoms with van der Waals surface area (Å²) in [6.07, 6.45) is 5.07. The highest BCUT2D eigenvalue weighted by Gasteiger charge is 2.01. The summed E-state index contributed by atoms with van der Waals surface area (Å²) >= 11 is 0. The Hall–Kier alpha value is -1.63. The lowest BCUT2D eigenvalue weighted by Crippen LogP contribution is -2.06. The van der Waals surface area contributed by atoms with Gasteiger partial charge < -0.3 is 5.32 Å². The van der Waals surface area contributed by atoms with Gasteiger partial charge in [0.1, 0.15) is 6.07 Å². The predicted octanol–water partition coefficient (Wildman–Crippen LogP) is 2.59. The number of hydrogen-bond donors (Lipinski definition) is 1. The molecule has 4 heteroatoms. The van der Waals surface area contributed by atoms with Crippen molar-refractivity contribution in [2.75, 3.05) is 11.9 Å². The maximum atomic E-state index is 8.84. The number of nitriles is 1. The van der Waals surface area contributed by atoms with Crippen LogP contribution in [0.3, 0.4) is 0 Å².